The van der Waals surface area contributed by atoms with Crippen LogP contribution in [0, 0.1) is 0 Å². The van der Waals surface area contributed by atoms with Gasteiger partial charge in [0, 0.05) is 44.8 Å². The molecule has 0 aromatic carbocycles. The molecule has 0 N–H and O–H groups in total. The van der Waals surface area contributed by atoms with Crippen LogP contribution in [-0.4, -0.2) is 46.1 Å². The van der Waals surface area contributed by atoms with Crippen LogP contribution in [0.5, 0.6) is 0 Å². The summed E-state index contributed by atoms with van der Waals surface area (Å²) in [6.45, 7) is 3.49. The SMILES string of the molecule is ClCc1cncc(N2CCN(c3ncccn3)CC2)n1. The molecule has 1 saturated heterocycles. The van der Waals surface area contributed by atoms with Crippen LogP contribution >= 0.6 is 11.6 Å². The third-order valence-corrected chi connectivity index (χ3v) is 3.52. The number of anilines is 2. The van der Waals surface area contributed by atoms with E-state index in [0.29, 0.717) is 5.88 Å². The van der Waals surface area contributed by atoms with Crippen LogP contribution in [0.1, 0.15) is 5.69 Å². The molecule has 1 aliphatic rings. The Bertz CT molecular complexity index is 556. The highest BCUT2D eigenvalue weighted by molar-refractivity contribution is 6.16. The average molecular weight is 291 g/mol. The fourth-order valence-corrected chi connectivity index (χ4v) is 2.33. The van der Waals surface area contributed by atoms with Gasteiger partial charge in [-0.2, -0.15) is 0 Å². The number of hydrogen-bond acceptors (Lipinski definition) is 6. The fourth-order valence-electron chi connectivity index (χ4n) is 2.20. The van der Waals surface area contributed by atoms with E-state index < -0.39 is 0 Å². The van der Waals surface area contributed by atoms with Crippen LogP contribution < -0.4 is 9.80 Å². The second kappa shape index (κ2) is 6.00. The first-order valence-corrected chi connectivity index (χ1v) is 7.04. The van der Waals surface area contributed by atoms with E-state index in [1.807, 2.05) is 6.07 Å². The molecule has 0 spiro atoms. The summed E-state index contributed by atoms with van der Waals surface area (Å²) in [5.41, 5.74) is 0.804. The molecular formula is C13H15ClN6. The van der Waals surface area contributed by atoms with Gasteiger partial charge >= 0.3 is 0 Å². The second-order valence-corrected chi connectivity index (χ2v) is 4.79. The van der Waals surface area contributed by atoms with Crippen molar-refractivity contribution in [3.63, 3.8) is 0 Å². The van der Waals surface area contributed by atoms with Gasteiger partial charge in [-0.25, -0.2) is 15.0 Å². The van der Waals surface area contributed by atoms with Crippen LogP contribution in [0.15, 0.2) is 30.9 Å². The zero-order valence-corrected chi connectivity index (χ0v) is 11.7. The number of nitrogens with zero attached hydrogens (tertiary/aromatic N) is 6. The van der Waals surface area contributed by atoms with E-state index in [2.05, 4.69) is 29.7 Å². The number of rotatable bonds is 3. The van der Waals surface area contributed by atoms with Crippen LogP contribution in [0.3, 0.4) is 0 Å². The van der Waals surface area contributed by atoms with E-state index in [1.165, 1.54) is 0 Å². The highest BCUT2D eigenvalue weighted by Crippen LogP contribution is 2.15. The molecule has 0 atom stereocenters. The van der Waals surface area contributed by atoms with Crippen molar-refractivity contribution in [2.24, 2.45) is 0 Å². The Morgan fingerprint density at radius 1 is 1.00 bits per heavy atom. The smallest absolute Gasteiger partial charge is 0.225 e. The molecule has 0 saturated carbocycles. The molecule has 104 valence electrons. The summed E-state index contributed by atoms with van der Waals surface area (Å²) in [6, 6.07) is 1.83. The highest BCUT2D eigenvalue weighted by Gasteiger charge is 2.19. The largest absolute Gasteiger partial charge is 0.352 e. The van der Waals surface area contributed by atoms with Crippen LogP contribution in [0.2, 0.25) is 0 Å². The molecule has 0 radical (unpaired) electrons. The first-order chi connectivity index (χ1) is 9.86. The van der Waals surface area contributed by atoms with Crippen molar-refractivity contribution in [3.8, 4) is 0 Å². The van der Waals surface area contributed by atoms with Crippen molar-refractivity contribution < 1.29 is 0 Å². The van der Waals surface area contributed by atoms with Gasteiger partial charge in [0.2, 0.25) is 5.95 Å². The van der Waals surface area contributed by atoms with Gasteiger partial charge < -0.3 is 9.80 Å². The molecule has 0 bridgehead atoms. The fraction of sp³-hybridized carbons (Fsp3) is 0.385. The number of alkyl halides is 1. The maximum absolute atomic E-state index is 5.80. The predicted molar refractivity (Wildman–Crippen MR) is 78.0 cm³/mol. The van der Waals surface area contributed by atoms with Crippen molar-refractivity contribution in [3.05, 3.63) is 36.5 Å². The van der Waals surface area contributed by atoms with Gasteiger partial charge in [-0.15, -0.1) is 11.6 Å². The quantitative estimate of drug-likeness (QED) is 0.795. The lowest BCUT2D eigenvalue weighted by atomic mass is 10.3. The molecule has 2 aromatic heterocycles. The Hall–Kier alpha value is -1.95. The minimum atomic E-state index is 0.388. The maximum atomic E-state index is 5.80. The molecule has 7 heteroatoms. The van der Waals surface area contributed by atoms with E-state index in [-0.39, 0.29) is 0 Å². The molecule has 1 fully saturated rings. The summed E-state index contributed by atoms with van der Waals surface area (Å²) < 4.78 is 0. The monoisotopic (exact) mass is 290 g/mol. The minimum Gasteiger partial charge on any atom is -0.352 e. The Kier molecular flexibility index (Phi) is 3.92. The van der Waals surface area contributed by atoms with Crippen molar-refractivity contribution >= 4 is 23.4 Å². The number of hydrogen-bond donors (Lipinski definition) is 0. The summed E-state index contributed by atoms with van der Waals surface area (Å²) in [5, 5.41) is 0. The molecular weight excluding hydrogens is 276 g/mol. The minimum absolute atomic E-state index is 0.388. The molecule has 1 aliphatic heterocycles. The number of halogens is 1. The number of aromatic nitrogens is 4. The van der Waals surface area contributed by atoms with Crippen LogP contribution in [0.4, 0.5) is 11.8 Å². The van der Waals surface area contributed by atoms with Crippen molar-refractivity contribution in [1.29, 1.82) is 0 Å². The molecule has 3 heterocycles. The maximum Gasteiger partial charge on any atom is 0.225 e. The van der Waals surface area contributed by atoms with E-state index >= 15 is 0 Å². The van der Waals surface area contributed by atoms with Gasteiger partial charge in [-0.1, -0.05) is 0 Å². The summed E-state index contributed by atoms with van der Waals surface area (Å²) in [7, 11) is 0. The molecule has 6 nitrogen and oxygen atoms in total. The molecule has 0 unspecified atom stereocenters. The summed E-state index contributed by atoms with van der Waals surface area (Å²) in [6.07, 6.45) is 7.02. The standard InChI is InChI=1S/C13H15ClN6/c14-8-11-9-15-10-12(18-11)19-4-6-20(7-5-19)13-16-2-1-3-17-13/h1-3,9-10H,4-8H2. The topological polar surface area (TPSA) is 58.0 Å². The normalized spacial score (nSPS) is 15.4. The lowest BCUT2D eigenvalue weighted by Gasteiger charge is -2.35. The van der Waals surface area contributed by atoms with E-state index in [4.69, 9.17) is 11.6 Å². The third-order valence-electron chi connectivity index (χ3n) is 3.25. The third kappa shape index (κ3) is 2.80. The van der Waals surface area contributed by atoms with E-state index in [0.717, 1.165) is 43.6 Å². The van der Waals surface area contributed by atoms with Crippen LogP contribution in [-0.2, 0) is 5.88 Å². The number of piperazine rings is 1. The van der Waals surface area contributed by atoms with Crippen molar-refractivity contribution in [1.82, 2.24) is 19.9 Å². The second-order valence-electron chi connectivity index (χ2n) is 4.53. The molecule has 2 aromatic rings. The van der Waals surface area contributed by atoms with Crippen molar-refractivity contribution in [2.45, 2.75) is 5.88 Å². The first kappa shape index (κ1) is 13.1. The Morgan fingerprint density at radius 2 is 1.70 bits per heavy atom. The van der Waals surface area contributed by atoms with Gasteiger partial charge in [0.15, 0.2) is 0 Å². The Balaban J connectivity index is 1.66. The lowest BCUT2D eigenvalue weighted by Crippen LogP contribution is -2.47. The molecule has 20 heavy (non-hydrogen) atoms. The Morgan fingerprint density at radius 3 is 2.40 bits per heavy atom. The van der Waals surface area contributed by atoms with E-state index in [9.17, 15) is 0 Å². The molecule has 0 aliphatic carbocycles. The van der Waals surface area contributed by atoms with Gasteiger partial charge in [0.25, 0.3) is 0 Å². The Labute approximate surface area is 122 Å². The summed E-state index contributed by atoms with van der Waals surface area (Å²) in [5.74, 6) is 2.06. The van der Waals surface area contributed by atoms with Gasteiger partial charge in [0.05, 0.1) is 17.8 Å². The zero-order chi connectivity index (χ0) is 13.8. The molecule has 0 amide bonds. The first-order valence-electron chi connectivity index (χ1n) is 6.50. The van der Waals surface area contributed by atoms with Gasteiger partial charge in [-0.05, 0) is 6.07 Å². The predicted octanol–water partition coefficient (Wildman–Crippen LogP) is 1.33. The van der Waals surface area contributed by atoms with Crippen LogP contribution in [0.25, 0.3) is 0 Å². The summed E-state index contributed by atoms with van der Waals surface area (Å²) in [4.78, 5) is 21.6. The van der Waals surface area contributed by atoms with E-state index in [1.54, 1.807) is 24.8 Å². The molecule has 3 rings (SSSR count). The van der Waals surface area contributed by atoms with Gasteiger partial charge in [-0.3, -0.25) is 4.98 Å². The zero-order valence-electron chi connectivity index (χ0n) is 11.0. The lowest BCUT2D eigenvalue weighted by molar-refractivity contribution is 0.632. The summed E-state index contributed by atoms with van der Waals surface area (Å²) >= 11 is 5.80. The van der Waals surface area contributed by atoms with Gasteiger partial charge in [0.1, 0.15) is 5.82 Å². The van der Waals surface area contributed by atoms with Crippen molar-refractivity contribution in [2.75, 3.05) is 36.0 Å². The average Bonchev–Trinajstić information content (AvgIpc) is 2.56. The highest BCUT2D eigenvalue weighted by atomic mass is 35.5.